The van der Waals surface area contributed by atoms with Gasteiger partial charge in [0.25, 0.3) is 0 Å². The van der Waals surface area contributed by atoms with E-state index >= 15 is 0 Å². The van der Waals surface area contributed by atoms with E-state index in [1.807, 2.05) is 0 Å². The van der Waals surface area contributed by atoms with Crippen LogP contribution in [0.2, 0.25) is 0 Å². The van der Waals surface area contributed by atoms with Gasteiger partial charge in [-0.15, -0.1) is 0 Å². The van der Waals surface area contributed by atoms with Crippen LogP contribution in [0.15, 0.2) is 0 Å². The molecule has 0 radical (unpaired) electrons. The van der Waals surface area contributed by atoms with Crippen LogP contribution in [0.5, 0.6) is 0 Å². The number of likely N-dealkylation sites (tertiary alicyclic amines) is 1. The molecule has 1 atom stereocenters. The minimum Gasteiger partial charge on any atom is -0.481 e. The molecule has 6 nitrogen and oxygen atoms in total. The van der Waals surface area contributed by atoms with Crippen LogP contribution >= 0.6 is 0 Å². The summed E-state index contributed by atoms with van der Waals surface area (Å²) in [5, 5.41) is 18.4. The van der Waals surface area contributed by atoms with Gasteiger partial charge in [-0.3, -0.25) is 4.79 Å². The minimum atomic E-state index is -0.845. The van der Waals surface area contributed by atoms with E-state index in [1.165, 1.54) is 0 Å². The highest BCUT2D eigenvalue weighted by Gasteiger charge is 2.43. The molecule has 1 unspecified atom stereocenters. The van der Waals surface area contributed by atoms with Crippen molar-refractivity contribution in [2.24, 2.45) is 5.41 Å². The second kappa shape index (κ2) is 5.99. The van der Waals surface area contributed by atoms with Crippen LogP contribution in [0.3, 0.4) is 0 Å². The number of hydrogen-bond acceptors (Lipinski definition) is 3. The molecule has 1 heterocycles. The third kappa shape index (κ3) is 2.90. The minimum absolute atomic E-state index is 0.0493. The fourth-order valence-corrected chi connectivity index (χ4v) is 3.24. The van der Waals surface area contributed by atoms with Gasteiger partial charge in [-0.05, 0) is 26.2 Å². The van der Waals surface area contributed by atoms with E-state index in [0.717, 1.165) is 25.7 Å². The van der Waals surface area contributed by atoms with Gasteiger partial charge in [-0.25, -0.2) is 4.79 Å². The highest BCUT2D eigenvalue weighted by molar-refractivity contribution is 5.79. The Morgan fingerprint density at radius 3 is 2.50 bits per heavy atom. The predicted octanol–water partition coefficient (Wildman–Crippen LogP) is 1.14. The summed E-state index contributed by atoms with van der Waals surface area (Å²) in [6, 6.07) is 0.0854. The first-order valence-corrected chi connectivity index (χ1v) is 7.38. The van der Waals surface area contributed by atoms with Crippen LogP contribution in [0.1, 0.15) is 39.0 Å². The van der Waals surface area contributed by atoms with Crippen molar-refractivity contribution in [2.45, 2.75) is 45.1 Å². The molecule has 2 amide bonds. The molecule has 1 saturated heterocycles. The van der Waals surface area contributed by atoms with Crippen LogP contribution in [0, 0.1) is 5.41 Å². The number of aliphatic hydroxyl groups is 1. The number of amides is 2. The molecular formula is C14H24N2O4. The van der Waals surface area contributed by atoms with Gasteiger partial charge in [0.15, 0.2) is 0 Å². The first-order valence-electron chi connectivity index (χ1n) is 7.38. The van der Waals surface area contributed by atoms with E-state index in [2.05, 4.69) is 0 Å². The molecule has 114 valence electrons. The molecular weight excluding hydrogens is 260 g/mol. The number of carboxylic acids is 1. The highest BCUT2D eigenvalue weighted by Crippen LogP contribution is 2.32. The first kappa shape index (κ1) is 15.1. The van der Waals surface area contributed by atoms with Gasteiger partial charge < -0.3 is 20.0 Å². The Balaban J connectivity index is 2.03. The van der Waals surface area contributed by atoms with Crippen molar-refractivity contribution in [2.75, 3.05) is 26.2 Å². The molecule has 2 aliphatic rings. The van der Waals surface area contributed by atoms with Gasteiger partial charge in [-0.1, -0.05) is 12.8 Å². The monoisotopic (exact) mass is 284 g/mol. The van der Waals surface area contributed by atoms with Crippen molar-refractivity contribution in [3.63, 3.8) is 0 Å². The van der Waals surface area contributed by atoms with Gasteiger partial charge in [-0.2, -0.15) is 0 Å². The lowest BCUT2D eigenvalue weighted by atomic mass is 9.90. The van der Waals surface area contributed by atoms with Crippen molar-refractivity contribution in [3.05, 3.63) is 0 Å². The van der Waals surface area contributed by atoms with E-state index in [1.54, 1.807) is 16.7 Å². The number of aliphatic carboxylic acids is 1. The van der Waals surface area contributed by atoms with Crippen LogP contribution in [0.4, 0.5) is 4.79 Å². The van der Waals surface area contributed by atoms with Gasteiger partial charge in [0.05, 0.1) is 12.0 Å². The lowest BCUT2D eigenvalue weighted by Crippen LogP contribution is -2.48. The van der Waals surface area contributed by atoms with E-state index in [0.29, 0.717) is 19.5 Å². The number of aliphatic hydroxyl groups excluding tert-OH is 1. The maximum absolute atomic E-state index is 12.6. The quantitative estimate of drug-likeness (QED) is 0.811. The Morgan fingerprint density at radius 2 is 2.00 bits per heavy atom. The average molecular weight is 284 g/mol. The van der Waals surface area contributed by atoms with E-state index in [-0.39, 0.29) is 25.2 Å². The van der Waals surface area contributed by atoms with Crippen LogP contribution < -0.4 is 0 Å². The second-order valence-electron chi connectivity index (χ2n) is 6.18. The molecule has 1 aliphatic carbocycles. The molecule has 6 heteroatoms. The Kier molecular flexibility index (Phi) is 4.52. The molecule has 0 aromatic rings. The van der Waals surface area contributed by atoms with Crippen molar-refractivity contribution in [3.8, 4) is 0 Å². The lowest BCUT2D eigenvalue weighted by molar-refractivity contribution is -0.147. The first-order chi connectivity index (χ1) is 9.48. The summed E-state index contributed by atoms with van der Waals surface area (Å²) >= 11 is 0. The Labute approximate surface area is 119 Å². The predicted molar refractivity (Wildman–Crippen MR) is 73.4 cm³/mol. The standard InChI is InChI=1S/C14H24N2O4/c1-14(12(18)19)6-7-15(10-14)13(20)16(8-9-17)11-4-2-3-5-11/h11,17H,2-10H2,1H3,(H,18,19). The summed E-state index contributed by atoms with van der Waals surface area (Å²) in [5.74, 6) is -0.845. The highest BCUT2D eigenvalue weighted by atomic mass is 16.4. The van der Waals surface area contributed by atoms with E-state index in [9.17, 15) is 19.8 Å². The fraction of sp³-hybridized carbons (Fsp3) is 0.857. The summed E-state index contributed by atoms with van der Waals surface area (Å²) in [7, 11) is 0. The SMILES string of the molecule is CC1(C(=O)O)CCN(C(=O)N(CCO)C2CCCC2)C1. The maximum Gasteiger partial charge on any atom is 0.320 e. The third-order valence-corrected chi connectivity index (χ3v) is 4.61. The van der Waals surface area contributed by atoms with Crippen molar-refractivity contribution in [1.29, 1.82) is 0 Å². The van der Waals surface area contributed by atoms with E-state index in [4.69, 9.17) is 0 Å². The number of carboxylic acid groups (broad SMARTS) is 1. The molecule has 20 heavy (non-hydrogen) atoms. The van der Waals surface area contributed by atoms with Crippen LogP contribution in [-0.2, 0) is 4.79 Å². The molecule has 0 aromatic heterocycles. The molecule has 0 bridgehead atoms. The zero-order valence-corrected chi connectivity index (χ0v) is 12.0. The normalized spacial score (nSPS) is 27.0. The number of carbonyl (C=O) groups is 2. The van der Waals surface area contributed by atoms with Gasteiger partial charge in [0, 0.05) is 25.7 Å². The lowest BCUT2D eigenvalue weighted by Gasteiger charge is -2.32. The zero-order valence-electron chi connectivity index (χ0n) is 12.0. The maximum atomic E-state index is 12.6. The number of nitrogens with zero attached hydrogens (tertiary/aromatic N) is 2. The molecule has 0 spiro atoms. The molecule has 1 saturated carbocycles. The molecule has 2 fully saturated rings. The zero-order chi connectivity index (χ0) is 14.8. The number of hydrogen-bond donors (Lipinski definition) is 2. The Hall–Kier alpha value is -1.30. The molecule has 2 rings (SSSR count). The van der Waals surface area contributed by atoms with Gasteiger partial charge in [0.1, 0.15) is 0 Å². The number of carbonyl (C=O) groups excluding carboxylic acids is 1. The van der Waals surface area contributed by atoms with Crippen molar-refractivity contribution >= 4 is 12.0 Å². The van der Waals surface area contributed by atoms with Gasteiger partial charge in [0.2, 0.25) is 0 Å². The Morgan fingerprint density at radius 1 is 1.35 bits per heavy atom. The summed E-state index contributed by atoms with van der Waals surface area (Å²) in [6.45, 7) is 2.72. The molecule has 0 aromatic carbocycles. The van der Waals surface area contributed by atoms with Crippen molar-refractivity contribution in [1.82, 2.24) is 9.80 Å². The number of rotatable bonds is 4. The van der Waals surface area contributed by atoms with Gasteiger partial charge >= 0.3 is 12.0 Å². The average Bonchev–Trinajstić information content (AvgIpc) is 3.05. The molecule has 2 N–H and O–H groups in total. The summed E-state index contributed by atoms with van der Waals surface area (Å²) in [4.78, 5) is 27.2. The summed E-state index contributed by atoms with van der Waals surface area (Å²) < 4.78 is 0. The fourth-order valence-electron chi connectivity index (χ4n) is 3.24. The van der Waals surface area contributed by atoms with Crippen molar-refractivity contribution < 1.29 is 19.8 Å². The molecule has 1 aliphatic heterocycles. The van der Waals surface area contributed by atoms with Crippen LogP contribution in [0.25, 0.3) is 0 Å². The summed E-state index contributed by atoms with van der Waals surface area (Å²) in [5.41, 5.74) is -0.837. The topological polar surface area (TPSA) is 81.1 Å². The number of urea groups is 1. The largest absolute Gasteiger partial charge is 0.481 e. The third-order valence-electron chi connectivity index (χ3n) is 4.61. The van der Waals surface area contributed by atoms with Crippen LogP contribution in [-0.4, -0.2) is 64.3 Å². The Bertz CT molecular complexity index is 381. The van der Waals surface area contributed by atoms with E-state index < -0.39 is 11.4 Å². The second-order valence-corrected chi connectivity index (χ2v) is 6.18. The smallest absolute Gasteiger partial charge is 0.320 e. The summed E-state index contributed by atoms with van der Waals surface area (Å²) in [6.07, 6.45) is 4.69.